The third kappa shape index (κ3) is 4.24. The van der Waals surface area contributed by atoms with Crippen LogP contribution in [0.3, 0.4) is 0 Å². The molecule has 0 heterocycles. The van der Waals surface area contributed by atoms with Gasteiger partial charge in [-0.2, -0.15) is 0 Å². The molecule has 2 N–H and O–H groups in total. The van der Waals surface area contributed by atoms with Crippen LogP contribution < -0.4 is 14.8 Å². The number of nitrogens with one attached hydrogen (secondary N) is 2. The van der Waals surface area contributed by atoms with E-state index in [1.165, 1.54) is 33.2 Å². The molecule has 0 radical (unpaired) electrons. The molecule has 24 heavy (non-hydrogen) atoms. The average Bonchev–Trinajstić information content (AvgIpc) is 3.37. The molecule has 1 saturated carbocycles. The highest BCUT2D eigenvalue weighted by atomic mass is 32.2. The van der Waals surface area contributed by atoms with Crippen molar-refractivity contribution in [1.29, 1.82) is 0 Å². The molecule has 1 amide bonds. The van der Waals surface area contributed by atoms with E-state index in [0.717, 1.165) is 18.9 Å². The molecule has 0 bridgehead atoms. The minimum absolute atomic E-state index is 0.00990. The Hall–Kier alpha value is -2.13. The summed E-state index contributed by atoms with van der Waals surface area (Å²) in [5.41, 5.74) is 0.00990. The Balaban J connectivity index is 2.17. The standard InChI is InChI=1S/C15H20N2O6S/c1-9(14(18)17-11-5-6-11)23-15(19)10-4-7-12(22-3)13(8-10)24(20,21)16-2/h4,7-9,11,16H,5-6H2,1-3H3,(H,17,18)/t9-/m1/s1. The van der Waals surface area contributed by atoms with Crippen LogP contribution in [0.5, 0.6) is 5.75 Å². The number of esters is 1. The van der Waals surface area contributed by atoms with Gasteiger partial charge >= 0.3 is 5.97 Å². The number of methoxy groups -OCH3 is 1. The zero-order valence-electron chi connectivity index (χ0n) is 13.7. The Morgan fingerprint density at radius 2 is 1.96 bits per heavy atom. The van der Waals surface area contributed by atoms with Crippen molar-refractivity contribution in [2.45, 2.75) is 36.8 Å². The third-order valence-electron chi connectivity index (χ3n) is 3.53. The predicted molar refractivity (Wildman–Crippen MR) is 85.3 cm³/mol. The van der Waals surface area contributed by atoms with Gasteiger partial charge in [0.1, 0.15) is 10.6 Å². The number of ether oxygens (including phenoxy) is 2. The molecular formula is C15H20N2O6S. The number of amides is 1. The zero-order chi connectivity index (χ0) is 17.9. The maximum atomic E-state index is 12.2. The molecule has 1 aliphatic carbocycles. The van der Waals surface area contributed by atoms with Crippen molar-refractivity contribution in [2.75, 3.05) is 14.2 Å². The van der Waals surface area contributed by atoms with Crippen molar-refractivity contribution in [1.82, 2.24) is 10.0 Å². The number of sulfonamides is 1. The van der Waals surface area contributed by atoms with Crippen molar-refractivity contribution in [3.05, 3.63) is 23.8 Å². The van der Waals surface area contributed by atoms with E-state index in [2.05, 4.69) is 10.0 Å². The van der Waals surface area contributed by atoms with Crippen molar-refractivity contribution in [3.8, 4) is 5.75 Å². The molecule has 132 valence electrons. The molecule has 1 aromatic carbocycles. The van der Waals surface area contributed by atoms with E-state index >= 15 is 0 Å². The number of rotatable bonds is 7. The van der Waals surface area contributed by atoms with Crippen LogP contribution in [0.2, 0.25) is 0 Å². The average molecular weight is 356 g/mol. The van der Waals surface area contributed by atoms with Gasteiger partial charge in [0.15, 0.2) is 6.10 Å². The van der Waals surface area contributed by atoms with Crippen LogP contribution in [0.15, 0.2) is 23.1 Å². The molecule has 1 aromatic rings. The summed E-state index contributed by atoms with van der Waals surface area (Å²) >= 11 is 0. The van der Waals surface area contributed by atoms with Gasteiger partial charge in [-0.1, -0.05) is 0 Å². The summed E-state index contributed by atoms with van der Waals surface area (Å²) in [6, 6.07) is 4.04. The molecule has 1 aliphatic rings. The van der Waals surface area contributed by atoms with Crippen LogP contribution in [0.25, 0.3) is 0 Å². The smallest absolute Gasteiger partial charge is 0.338 e. The lowest BCUT2D eigenvalue weighted by atomic mass is 10.2. The van der Waals surface area contributed by atoms with Gasteiger partial charge in [-0.3, -0.25) is 4.79 Å². The molecule has 0 unspecified atom stereocenters. The first kappa shape index (κ1) is 18.2. The predicted octanol–water partition coefficient (Wildman–Crippen LogP) is 0.427. The molecule has 0 aliphatic heterocycles. The Kier molecular flexibility index (Phi) is 5.45. The van der Waals surface area contributed by atoms with E-state index in [-0.39, 0.29) is 28.2 Å². The summed E-state index contributed by atoms with van der Waals surface area (Å²) in [6.45, 7) is 1.46. The van der Waals surface area contributed by atoms with Gasteiger partial charge in [-0.05, 0) is 45.0 Å². The second kappa shape index (κ2) is 7.18. The first-order chi connectivity index (χ1) is 11.3. The second-order valence-electron chi connectivity index (χ2n) is 5.40. The monoisotopic (exact) mass is 356 g/mol. The summed E-state index contributed by atoms with van der Waals surface area (Å²) in [6.07, 6.45) is 0.885. The van der Waals surface area contributed by atoms with Gasteiger partial charge in [0, 0.05) is 6.04 Å². The SMILES string of the molecule is CNS(=O)(=O)c1cc(C(=O)O[C@H](C)C(=O)NC2CC2)ccc1OC. The molecule has 0 saturated heterocycles. The zero-order valence-corrected chi connectivity index (χ0v) is 14.5. The van der Waals surface area contributed by atoms with Gasteiger partial charge in [0.05, 0.1) is 12.7 Å². The maximum absolute atomic E-state index is 12.2. The fourth-order valence-corrected chi connectivity index (χ4v) is 2.87. The van der Waals surface area contributed by atoms with Gasteiger partial charge in [-0.15, -0.1) is 0 Å². The number of carbonyl (C=O) groups excluding carboxylic acids is 2. The lowest BCUT2D eigenvalue weighted by molar-refractivity contribution is -0.129. The number of carbonyl (C=O) groups is 2. The van der Waals surface area contributed by atoms with Gasteiger partial charge in [-0.25, -0.2) is 17.9 Å². The number of hydrogen-bond donors (Lipinski definition) is 2. The summed E-state index contributed by atoms with van der Waals surface area (Å²) in [5.74, 6) is -1.06. The molecule has 9 heteroatoms. The van der Waals surface area contributed by atoms with Crippen LogP contribution in [0.1, 0.15) is 30.1 Å². The van der Waals surface area contributed by atoms with Crippen LogP contribution in [0, 0.1) is 0 Å². The summed E-state index contributed by atoms with van der Waals surface area (Å²) in [7, 11) is -1.23. The number of benzene rings is 1. The fraction of sp³-hybridized carbons (Fsp3) is 0.467. The molecular weight excluding hydrogens is 336 g/mol. The quantitative estimate of drug-likeness (QED) is 0.685. The normalized spacial score (nSPS) is 15.5. The molecule has 1 fully saturated rings. The molecule has 8 nitrogen and oxygen atoms in total. The minimum Gasteiger partial charge on any atom is -0.495 e. The third-order valence-corrected chi connectivity index (χ3v) is 4.97. The van der Waals surface area contributed by atoms with E-state index in [0.29, 0.717) is 0 Å². The Morgan fingerprint density at radius 3 is 2.50 bits per heavy atom. The highest BCUT2D eigenvalue weighted by molar-refractivity contribution is 7.89. The fourth-order valence-electron chi connectivity index (χ4n) is 1.95. The lowest BCUT2D eigenvalue weighted by Crippen LogP contribution is -2.37. The molecule has 0 spiro atoms. The van der Waals surface area contributed by atoms with Crippen LogP contribution >= 0.6 is 0 Å². The Bertz CT molecular complexity index is 742. The Morgan fingerprint density at radius 1 is 1.29 bits per heavy atom. The van der Waals surface area contributed by atoms with Crippen molar-refractivity contribution >= 4 is 21.9 Å². The van der Waals surface area contributed by atoms with Crippen LogP contribution in [-0.2, 0) is 19.6 Å². The van der Waals surface area contributed by atoms with Gasteiger partial charge in [0.2, 0.25) is 10.0 Å². The minimum atomic E-state index is -3.81. The van der Waals surface area contributed by atoms with E-state index in [9.17, 15) is 18.0 Å². The van der Waals surface area contributed by atoms with Gasteiger partial charge in [0.25, 0.3) is 5.91 Å². The van der Waals surface area contributed by atoms with E-state index in [1.54, 1.807) is 0 Å². The van der Waals surface area contributed by atoms with E-state index in [4.69, 9.17) is 9.47 Å². The largest absolute Gasteiger partial charge is 0.495 e. The first-order valence-electron chi connectivity index (χ1n) is 7.41. The molecule has 1 atom stereocenters. The second-order valence-corrected chi connectivity index (χ2v) is 7.26. The Labute approximate surface area is 140 Å². The lowest BCUT2D eigenvalue weighted by Gasteiger charge is -2.14. The van der Waals surface area contributed by atoms with Crippen LogP contribution in [0.4, 0.5) is 0 Å². The van der Waals surface area contributed by atoms with E-state index < -0.39 is 22.1 Å². The highest BCUT2D eigenvalue weighted by Gasteiger charge is 2.28. The summed E-state index contributed by atoms with van der Waals surface area (Å²) < 4.78 is 36.3. The maximum Gasteiger partial charge on any atom is 0.338 e. The van der Waals surface area contributed by atoms with Crippen LogP contribution in [-0.4, -0.2) is 46.6 Å². The molecule has 0 aromatic heterocycles. The van der Waals surface area contributed by atoms with E-state index in [1.807, 2.05) is 0 Å². The topological polar surface area (TPSA) is 111 Å². The van der Waals surface area contributed by atoms with Crippen molar-refractivity contribution in [2.24, 2.45) is 0 Å². The van der Waals surface area contributed by atoms with Crippen molar-refractivity contribution in [3.63, 3.8) is 0 Å². The molecule has 2 rings (SSSR count). The summed E-state index contributed by atoms with van der Waals surface area (Å²) in [4.78, 5) is 23.8. The highest BCUT2D eigenvalue weighted by Crippen LogP contribution is 2.25. The number of hydrogen-bond acceptors (Lipinski definition) is 6. The first-order valence-corrected chi connectivity index (χ1v) is 8.89. The van der Waals surface area contributed by atoms with Gasteiger partial charge < -0.3 is 14.8 Å². The van der Waals surface area contributed by atoms with Crippen molar-refractivity contribution < 1.29 is 27.5 Å². The summed E-state index contributed by atoms with van der Waals surface area (Å²) in [5, 5.41) is 2.73.